The summed E-state index contributed by atoms with van der Waals surface area (Å²) in [5.74, 6) is 0. The molecule has 15 heavy (non-hydrogen) atoms. The van der Waals surface area contributed by atoms with Gasteiger partial charge in [0.25, 0.3) is 0 Å². The molecule has 0 fully saturated rings. The highest BCUT2D eigenvalue weighted by atomic mass is 32.5. The fourth-order valence-corrected chi connectivity index (χ4v) is 1.30. The lowest BCUT2D eigenvalue weighted by Gasteiger charge is -2.05. The second kappa shape index (κ2) is 9.01. The van der Waals surface area contributed by atoms with E-state index in [4.69, 9.17) is 9.79 Å². The number of benzene rings is 1. The van der Waals surface area contributed by atoms with E-state index in [9.17, 15) is 0 Å². The third kappa shape index (κ3) is 13.8. The highest BCUT2D eigenvalue weighted by Crippen LogP contribution is 2.36. The molecule has 0 saturated carbocycles. The van der Waals surface area contributed by atoms with Crippen LogP contribution < -0.4 is 0 Å². The molecule has 1 aromatic carbocycles. The number of hydrogen-bond donors (Lipinski definition) is 2. The van der Waals surface area contributed by atoms with Gasteiger partial charge in [0, 0.05) is 0 Å². The van der Waals surface area contributed by atoms with E-state index >= 15 is 0 Å². The van der Waals surface area contributed by atoms with E-state index in [1.165, 1.54) is 0 Å². The average molecular weight is 248 g/mol. The first-order chi connectivity index (χ1) is 7.06. The lowest BCUT2D eigenvalue weighted by Crippen LogP contribution is -1.89. The van der Waals surface area contributed by atoms with E-state index in [2.05, 4.69) is 16.3 Å². The van der Waals surface area contributed by atoms with Crippen molar-refractivity contribution in [2.45, 2.75) is 19.8 Å². The Morgan fingerprint density at radius 3 is 1.73 bits per heavy atom. The molecule has 0 unspecified atom stereocenters. The van der Waals surface area contributed by atoms with Gasteiger partial charge in [0.05, 0.1) is 6.61 Å². The Morgan fingerprint density at radius 2 is 1.47 bits per heavy atom. The Bertz CT molecular complexity index is 247. The van der Waals surface area contributed by atoms with Gasteiger partial charge in [-0.2, -0.15) is 0 Å². The smallest absolute Gasteiger partial charge is 0.321 e. The highest BCUT2D eigenvalue weighted by Gasteiger charge is 2.05. The number of rotatable bonds is 4. The van der Waals surface area contributed by atoms with Crippen LogP contribution in [0.15, 0.2) is 36.4 Å². The summed E-state index contributed by atoms with van der Waals surface area (Å²) in [4.78, 5) is 17.0. The summed E-state index contributed by atoms with van der Waals surface area (Å²) < 4.78 is 4.51. The van der Waals surface area contributed by atoms with Crippen molar-refractivity contribution in [2.75, 3.05) is 6.61 Å². The minimum absolute atomic E-state index is 0.348. The van der Waals surface area contributed by atoms with Crippen LogP contribution in [0.25, 0.3) is 0 Å². The van der Waals surface area contributed by atoms with Gasteiger partial charge < -0.3 is 14.3 Å². The Labute approximate surface area is 96.0 Å². The highest BCUT2D eigenvalue weighted by molar-refractivity contribution is 8.06. The maximum Gasteiger partial charge on any atom is 0.321 e. The third-order valence-electron chi connectivity index (χ3n) is 1.42. The first-order valence-electron chi connectivity index (χ1n) is 4.76. The van der Waals surface area contributed by atoms with Crippen molar-refractivity contribution >= 4 is 18.5 Å². The second-order valence-electron chi connectivity index (χ2n) is 2.83. The summed E-state index contributed by atoms with van der Waals surface area (Å²) in [6.07, 6.45) is 1.79. The van der Waals surface area contributed by atoms with Gasteiger partial charge in [-0.3, -0.25) is 0 Å². The van der Waals surface area contributed by atoms with Gasteiger partial charge in [-0.25, -0.2) is 0 Å². The van der Waals surface area contributed by atoms with E-state index in [0.717, 1.165) is 12.8 Å². The van der Waals surface area contributed by atoms with Crippen molar-refractivity contribution in [3.63, 3.8) is 0 Å². The van der Waals surface area contributed by atoms with Gasteiger partial charge in [-0.1, -0.05) is 49.7 Å². The summed E-state index contributed by atoms with van der Waals surface area (Å²) in [5.41, 5.74) is 0. The lowest BCUT2D eigenvalue weighted by molar-refractivity contribution is 0.247. The molecular formula is C10H17O3PS. The van der Waals surface area contributed by atoms with Crippen LogP contribution in [-0.2, 0) is 16.3 Å². The van der Waals surface area contributed by atoms with Crippen LogP contribution >= 0.6 is 6.72 Å². The summed E-state index contributed by atoms with van der Waals surface area (Å²) in [6.45, 7) is -1.03. The first-order valence-corrected chi connectivity index (χ1v) is 7.39. The molecule has 1 aromatic rings. The standard InChI is InChI=1S/C6H6.C4H11O3PS/c1-2-4-6-5-3-1;1-2-3-4-7-8(5,6)9/h1-6H;2-4H2,1H3,(H2,5,6,9). The topological polar surface area (TPSA) is 49.7 Å². The van der Waals surface area contributed by atoms with Crippen molar-refractivity contribution < 1.29 is 14.3 Å². The van der Waals surface area contributed by atoms with Gasteiger partial charge in [0.15, 0.2) is 0 Å². The van der Waals surface area contributed by atoms with Crippen molar-refractivity contribution in [1.82, 2.24) is 0 Å². The third-order valence-corrected chi connectivity index (χ3v) is 2.26. The Hall–Kier alpha value is -0.250. The first kappa shape index (κ1) is 14.8. The minimum Gasteiger partial charge on any atom is -0.325 e. The Morgan fingerprint density at radius 1 is 1.07 bits per heavy atom. The van der Waals surface area contributed by atoms with Crippen LogP contribution in [0.5, 0.6) is 0 Å². The zero-order valence-electron chi connectivity index (χ0n) is 8.74. The van der Waals surface area contributed by atoms with Gasteiger partial charge in [0.1, 0.15) is 0 Å². The van der Waals surface area contributed by atoms with Crippen LogP contribution in [0.4, 0.5) is 0 Å². The van der Waals surface area contributed by atoms with Gasteiger partial charge in [0.2, 0.25) is 0 Å². The van der Waals surface area contributed by atoms with Gasteiger partial charge >= 0.3 is 6.72 Å². The van der Waals surface area contributed by atoms with E-state index in [0.29, 0.717) is 6.61 Å². The lowest BCUT2D eigenvalue weighted by atomic mass is 10.4. The number of unbranched alkanes of at least 4 members (excludes halogenated alkanes) is 1. The zero-order valence-corrected chi connectivity index (χ0v) is 10.5. The summed E-state index contributed by atoms with van der Waals surface area (Å²) in [7, 11) is 0. The zero-order chi connectivity index (χ0) is 11.6. The molecule has 0 aliphatic heterocycles. The molecule has 0 radical (unpaired) electrons. The van der Waals surface area contributed by atoms with Gasteiger partial charge in [-0.15, -0.1) is 0 Å². The van der Waals surface area contributed by atoms with Crippen LogP contribution in [0.1, 0.15) is 19.8 Å². The predicted molar refractivity (Wildman–Crippen MR) is 66.0 cm³/mol. The summed E-state index contributed by atoms with van der Waals surface area (Å²) in [5, 5.41) is 0. The normalized spacial score (nSPS) is 10.3. The molecule has 0 aromatic heterocycles. The van der Waals surface area contributed by atoms with Crippen LogP contribution in [0, 0.1) is 0 Å². The van der Waals surface area contributed by atoms with E-state index in [-0.39, 0.29) is 0 Å². The maximum atomic E-state index is 8.50. The van der Waals surface area contributed by atoms with E-state index in [1.54, 1.807) is 0 Å². The quantitative estimate of drug-likeness (QED) is 0.635. The Balaban J connectivity index is 0.000000280. The maximum absolute atomic E-state index is 8.50. The van der Waals surface area contributed by atoms with Crippen molar-refractivity contribution in [2.24, 2.45) is 0 Å². The van der Waals surface area contributed by atoms with Crippen molar-refractivity contribution in [1.29, 1.82) is 0 Å². The molecule has 0 amide bonds. The molecular weight excluding hydrogens is 231 g/mol. The summed E-state index contributed by atoms with van der Waals surface area (Å²) >= 11 is 4.20. The second-order valence-corrected chi connectivity index (χ2v) is 5.50. The minimum atomic E-state index is -3.36. The molecule has 0 aliphatic rings. The van der Waals surface area contributed by atoms with E-state index < -0.39 is 6.72 Å². The molecule has 5 heteroatoms. The molecule has 86 valence electrons. The molecule has 1 rings (SSSR count). The summed E-state index contributed by atoms with van der Waals surface area (Å²) in [6, 6.07) is 12.0. The fraction of sp³-hybridized carbons (Fsp3) is 0.400. The molecule has 2 N–H and O–H groups in total. The van der Waals surface area contributed by atoms with Crippen LogP contribution in [-0.4, -0.2) is 16.4 Å². The molecule has 0 saturated heterocycles. The van der Waals surface area contributed by atoms with Gasteiger partial charge in [-0.05, 0) is 18.2 Å². The van der Waals surface area contributed by atoms with Crippen molar-refractivity contribution in [3.05, 3.63) is 36.4 Å². The number of hydrogen-bond acceptors (Lipinski definition) is 2. The predicted octanol–water partition coefficient (Wildman–Crippen LogP) is 2.70. The molecule has 0 spiro atoms. The molecule has 3 nitrogen and oxygen atoms in total. The molecule has 0 atom stereocenters. The molecule has 0 heterocycles. The molecule has 0 bridgehead atoms. The Kier molecular flexibility index (Phi) is 8.86. The van der Waals surface area contributed by atoms with E-state index in [1.807, 2.05) is 43.3 Å². The average Bonchev–Trinajstić information content (AvgIpc) is 2.20. The fourth-order valence-electron chi connectivity index (χ4n) is 0.713. The van der Waals surface area contributed by atoms with Crippen LogP contribution in [0.3, 0.4) is 0 Å². The largest absolute Gasteiger partial charge is 0.325 e. The monoisotopic (exact) mass is 248 g/mol. The van der Waals surface area contributed by atoms with Crippen LogP contribution in [0.2, 0.25) is 0 Å². The molecule has 0 aliphatic carbocycles. The van der Waals surface area contributed by atoms with Crippen molar-refractivity contribution in [3.8, 4) is 0 Å². The SMILES string of the molecule is CCCCOP(O)(O)=S.c1ccccc1.